The maximum absolute atomic E-state index is 11.8. The molecular weight excluding hydrogens is 296 g/mol. The first-order valence-electron chi connectivity index (χ1n) is 7.05. The van der Waals surface area contributed by atoms with Crippen LogP contribution in [0.1, 0.15) is 24.0 Å². The molecule has 0 amide bonds. The predicted octanol–water partition coefficient (Wildman–Crippen LogP) is 3.80. The van der Waals surface area contributed by atoms with E-state index in [9.17, 15) is 14.7 Å². The molecule has 0 fully saturated rings. The molecule has 0 aliphatic carbocycles. The Morgan fingerprint density at radius 3 is 1.77 bits per heavy atom. The molecule has 2 rings (SSSR count). The van der Waals surface area contributed by atoms with Gasteiger partial charge in [-0.3, -0.25) is 9.59 Å². The minimum absolute atomic E-state index is 0.0638. The first-order valence-corrected chi connectivity index (χ1v) is 8.04. The largest absolute Gasteiger partial charge is 0.481 e. The zero-order valence-electron chi connectivity index (χ0n) is 12.3. The van der Waals surface area contributed by atoms with Crippen LogP contribution in [0.5, 0.6) is 0 Å². The van der Waals surface area contributed by atoms with Gasteiger partial charge in [0.05, 0.1) is 5.92 Å². The lowest BCUT2D eigenvalue weighted by molar-refractivity contribution is -0.141. The van der Waals surface area contributed by atoms with Crippen molar-refractivity contribution in [1.29, 1.82) is 0 Å². The summed E-state index contributed by atoms with van der Waals surface area (Å²) >= 11 is 1.07. The van der Waals surface area contributed by atoms with Crippen molar-refractivity contribution in [2.45, 2.75) is 12.8 Å². The molecule has 0 spiro atoms. The summed E-state index contributed by atoms with van der Waals surface area (Å²) < 4.78 is 0. The molecular formula is C18H18O3S. The fourth-order valence-corrected chi connectivity index (χ4v) is 3.24. The monoisotopic (exact) mass is 314 g/mol. The van der Waals surface area contributed by atoms with Gasteiger partial charge in [0.2, 0.25) is 0 Å². The van der Waals surface area contributed by atoms with Gasteiger partial charge in [0.1, 0.15) is 0 Å². The molecule has 4 heteroatoms. The van der Waals surface area contributed by atoms with Crippen LogP contribution in [0.25, 0.3) is 0 Å². The molecule has 0 aliphatic rings. The highest BCUT2D eigenvalue weighted by molar-refractivity contribution is 8.13. The maximum Gasteiger partial charge on any atom is 0.308 e. The highest BCUT2D eigenvalue weighted by atomic mass is 32.2. The number of carbonyl (C=O) groups excluding carboxylic acids is 1. The van der Waals surface area contributed by atoms with E-state index in [4.69, 9.17) is 0 Å². The van der Waals surface area contributed by atoms with Crippen molar-refractivity contribution < 1.29 is 14.7 Å². The van der Waals surface area contributed by atoms with Crippen LogP contribution in [-0.4, -0.2) is 21.9 Å². The molecule has 0 aliphatic heterocycles. The number of aliphatic carboxylic acids is 1. The topological polar surface area (TPSA) is 54.4 Å². The molecule has 0 saturated carbocycles. The van der Waals surface area contributed by atoms with E-state index >= 15 is 0 Å². The van der Waals surface area contributed by atoms with E-state index in [2.05, 4.69) is 0 Å². The third-order valence-corrected chi connectivity index (χ3v) is 4.44. The molecule has 0 radical (unpaired) electrons. The molecule has 114 valence electrons. The Bertz CT molecular complexity index is 586. The van der Waals surface area contributed by atoms with Crippen LogP contribution in [0.15, 0.2) is 60.7 Å². The van der Waals surface area contributed by atoms with Crippen molar-refractivity contribution in [2.75, 3.05) is 5.75 Å². The molecule has 0 saturated heterocycles. The predicted molar refractivity (Wildman–Crippen MR) is 89.0 cm³/mol. The van der Waals surface area contributed by atoms with Crippen molar-refractivity contribution in [3.8, 4) is 0 Å². The molecule has 1 unspecified atom stereocenters. The standard InChI is InChI=1S/C18H18O3S/c1-13(19)22-12-16(18(20)21)17(14-8-4-2-5-9-14)15-10-6-3-7-11-15/h2-11,16-17H,12H2,1H3,(H,20,21). The smallest absolute Gasteiger partial charge is 0.308 e. The Morgan fingerprint density at radius 2 is 1.41 bits per heavy atom. The number of carboxylic acid groups (broad SMARTS) is 1. The van der Waals surface area contributed by atoms with Crippen molar-refractivity contribution in [2.24, 2.45) is 5.92 Å². The van der Waals surface area contributed by atoms with Crippen molar-refractivity contribution in [3.63, 3.8) is 0 Å². The SMILES string of the molecule is CC(=O)SCC(C(=O)O)C(c1ccccc1)c1ccccc1. The minimum Gasteiger partial charge on any atom is -0.481 e. The summed E-state index contributed by atoms with van der Waals surface area (Å²) in [4.78, 5) is 23.0. The Hall–Kier alpha value is -2.07. The molecule has 0 heterocycles. The van der Waals surface area contributed by atoms with Crippen LogP contribution in [0.4, 0.5) is 0 Å². The van der Waals surface area contributed by atoms with Crippen molar-refractivity contribution >= 4 is 22.8 Å². The second-order valence-corrected chi connectivity index (χ2v) is 6.24. The Morgan fingerprint density at radius 1 is 0.955 bits per heavy atom. The minimum atomic E-state index is -0.883. The summed E-state index contributed by atoms with van der Waals surface area (Å²) in [5, 5.41) is 9.59. The first kappa shape index (κ1) is 16.3. The number of hydrogen-bond donors (Lipinski definition) is 1. The van der Waals surface area contributed by atoms with Gasteiger partial charge < -0.3 is 5.11 Å². The Labute approximate surface area is 134 Å². The van der Waals surface area contributed by atoms with Crippen LogP contribution in [0.3, 0.4) is 0 Å². The van der Waals surface area contributed by atoms with E-state index in [0.717, 1.165) is 22.9 Å². The van der Waals surface area contributed by atoms with Gasteiger partial charge in [-0.15, -0.1) is 0 Å². The number of thioether (sulfide) groups is 1. The highest BCUT2D eigenvalue weighted by Gasteiger charge is 2.31. The van der Waals surface area contributed by atoms with E-state index in [1.165, 1.54) is 6.92 Å². The fourth-order valence-electron chi connectivity index (χ4n) is 2.50. The molecule has 1 atom stereocenters. The number of hydrogen-bond acceptors (Lipinski definition) is 3. The third kappa shape index (κ3) is 4.21. The van der Waals surface area contributed by atoms with Gasteiger partial charge in [-0.05, 0) is 11.1 Å². The number of rotatable bonds is 6. The number of carbonyl (C=O) groups is 2. The van der Waals surface area contributed by atoms with Crippen molar-refractivity contribution in [1.82, 2.24) is 0 Å². The second kappa shape index (κ2) is 7.80. The van der Waals surface area contributed by atoms with Gasteiger partial charge in [0.15, 0.2) is 5.12 Å². The average Bonchev–Trinajstić information content (AvgIpc) is 2.52. The molecule has 2 aromatic carbocycles. The van der Waals surface area contributed by atoms with E-state index in [1.807, 2.05) is 60.7 Å². The molecule has 1 N–H and O–H groups in total. The Balaban J connectivity index is 2.42. The lowest BCUT2D eigenvalue weighted by atomic mass is 9.81. The van der Waals surface area contributed by atoms with E-state index in [1.54, 1.807) is 0 Å². The van der Waals surface area contributed by atoms with Crippen LogP contribution < -0.4 is 0 Å². The summed E-state index contributed by atoms with van der Waals surface area (Å²) in [6, 6.07) is 19.2. The zero-order valence-corrected chi connectivity index (χ0v) is 13.1. The van der Waals surface area contributed by atoms with Gasteiger partial charge in [-0.1, -0.05) is 72.4 Å². The summed E-state index contributed by atoms with van der Waals surface area (Å²) in [6.07, 6.45) is 0. The summed E-state index contributed by atoms with van der Waals surface area (Å²) in [5.74, 6) is -1.55. The van der Waals surface area contributed by atoms with Crippen LogP contribution in [0.2, 0.25) is 0 Å². The van der Waals surface area contributed by atoms with E-state index in [0.29, 0.717) is 0 Å². The number of benzene rings is 2. The van der Waals surface area contributed by atoms with Gasteiger partial charge in [0, 0.05) is 18.6 Å². The van der Waals surface area contributed by atoms with Crippen LogP contribution in [-0.2, 0) is 9.59 Å². The van der Waals surface area contributed by atoms with E-state index < -0.39 is 11.9 Å². The number of carboxylic acids is 1. The average molecular weight is 314 g/mol. The summed E-state index contributed by atoms with van der Waals surface area (Å²) in [7, 11) is 0. The zero-order chi connectivity index (χ0) is 15.9. The fraction of sp³-hybridized carbons (Fsp3) is 0.222. The second-order valence-electron chi connectivity index (χ2n) is 5.05. The third-order valence-electron chi connectivity index (χ3n) is 3.50. The van der Waals surface area contributed by atoms with Crippen LogP contribution in [0, 0.1) is 5.92 Å². The maximum atomic E-state index is 11.8. The Kier molecular flexibility index (Phi) is 5.78. The molecule has 3 nitrogen and oxygen atoms in total. The van der Waals surface area contributed by atoms with Gasteiger partial charge in [-0.25, -0.2) is 0 Å². The summed E-state index contributed by atoms with van der Waals surface area (Å²) in [6.45, 7) is 1.46. The lowest BCUT2D eigenvalue weighted by Crippen LogP contribution is -2.25. The van der Waals surface area contributed by atoms with Crippen LogP contribution >= 0.6 is 11.8 Å². The first-order chi connectivity index (χ1) is 10.6. The molecule has 0 aromatic heterocycles. The van der Waals surface area contributed by atoms with Gasteiger partial charge in [-0.2, -0.15) is 0 Å². The van der Waals surface area contributed by atoms with E-state index in [-0.39, 0.29) is 16.8 Å². The molecule has 22 heavy (non-hydrogen) atoms. The quantitative estimate of drug-likeness (QED) is 0.881. The lowest BCUT2D eigenvalue weighted by Gasteiger charge is -2.24. The van der Waals surface area contributed by atoms with Gasteiger partial charge >= 0.3 is 5.97 Å². The van der Waals surface area contributed by atoms with Gasteiger partial charge in [0.25, 0.3) is 0 Å². The van der Waals surface area contributed by atoms with Crippen molar-refractivity contribution in [3.05, 3.63) is 71.8 Å². The molecule has 0 bridgehead atoms. The highest BCUT2D eigenvalue weighted by Crippen LogP contribution is 2.34. The summed E-state index contributed by atoms with van der Waals surface area (Å²) in [5.41, 5.74) is 1.90. The normalized spacial score (nSPS) is 12.1. The molecule has 2 aromatic rings.